The quantitative estimate of drug-likeness (QED) is 0.862. The molecule has 2 heterocycles. The molecule has 1 fully saturated rings. The zero-order valence-electron chi connectivity index (χ0n) is 14.3. The molecule has 26 heavy (non-hydrogen) atoms. The summed E-state index contributed by atoms with van der Waals surface area (Å²) in [4.78, 5) is 28.3. The number of carbonyl (C=O) groups is 2. The molecule has 0 spiro atoms. The van der Waals surface area contributed by atoms with Gasteiger partial charge in [0.25, 0.3) is 5.91 Å². The maximum Gasteiger partial charge on any atom is 0.289 e. The van der Waals surface area contributed by atoms with Crippen LogP contribution in [0.1, 0.15) is 16.1 Å². The highest BCUT2D eigenvalue weighted by Gasteiger charge is 2.25. The summed E-state index contributed by atoms with van der Waals surface area (Å²) < 4.78 is 5.14. The van der Waals surface area contributed by atoms with Crippen molar-refractivity contribution in [1.82, 2.24) is 9.80 Å². The normalized spacial score (nSPS) is 15.1. The van der Waals surface area contributed by atoms with Gasteiger partial charge in [0.05, 0.1) is 28.5 Å². The topological polar surface area (TPSA) is 65.8 Å². The SMILES string of the molecule is Cc1ccc(Cl)c(NC(=O)CN2CCN(C(=O)c3ccco3)CC2)c1Cl. The largest absolute Gasteiger partial charge is 0.459 e. The number of piperazine rings is 1. The Hall–Kier alpha value is -2.02. The lowest BCUT2D eigenvalue weighted by Crippen LogP contribution is -2.50. The van der Waals surface area contributed by atoms with E-state index in [9.17, 15) is 9.59 Å². The summed E-state index contributed by atoms with van der Waals surface area (Å²) in [6.07, 6.45) is 1.48. The predicted octanol–water partition coefficient (Wildman–Crippen LogP) is 3.29. The third-order valence-electron chi connectivity index (χ3n) is 4.31. The van der Waals surface area contributed by atoms with Gasteiger partial charge >= 0.3 is 0 Å². The lowest BCUT2D eigenvalue weighted by atomic mass is 10.2. The van der Waals surface area contributed by atoms with Crippen LogP contribution < -0.4 is 5.32 Å². The monoisotopic (exact) mass is 395 g/mol. The molecule has 3 rings (SSSR count). The number of nitrogens with one attached hydrogen (secondary N) is 1. The Kier molecular flexibility index (Phi) is 5.86. The van der Waals surface area contributed by atoms with Crippen LogP contribution in [0.3, 0.4) is 0 Å². The molecule has 1 N–H and O–H groups in total. The lowest BCUT2D eigenvalue weighted by Gasteiger charge is -2.33. The van der Waals surface area contributed by atoms with Crippen LogP contribution in [0, 0.1) is 6.92 Å². The van der Waals surface area contributed by atoms with E-state index < -0.39 is 0 Å². The highest BCUT2D eigenvalue weighted by Crippen LogP contribution is 2.32. The molecule has 0 saturated carbocycles. The Morgan fingerprint density at radius 1 is 1.15 bits per heavy atom. The van der Waals surface area contributed by atoms with Gasteiger partial charge in [-0.05, 0) is 30.7 Å². The van der Waals surface area contributed by atoms with E-state index in [1.807, 2.05) is 11.8 Å². The van der Waals surface area contributed by atoms with Gasteiger partial charge in [-0.25, -0.2) is 0 Å². The van der Waals surface area contributed by atoms with Gasteiger partial charge in [0.2, 0.25) is 5.91 Å². The Balaban J connectivity index is 1.53. The molecule has 0 unspecified atom stereocenters. The third kappa shape index (κ3) is 4.20. The minimum Gasteiger partial charge on any atom is -0.459 e. The van der Waals surface area contributed by atoms with Crippen molar-refractivity contribution in [1.29, 1.82) is 0 Å². The average molecular weight is 396 g/mol. The number of carbonyl (C=O) groups excluding carboxylic acids is 2. The number of hydrogen-bond donors (Lipinski definition) is 1. The number of halogens is 2. The second-order valence-electron chi connectivity index (χ2n) is 6.15. The van der Waals surface area contributed by atoms with E-state index in [1.165, 1.54) is 6.26 Å². The van der Waals surface area contributed by atoms with Crippen molar-refractivity contribution >= 4 is 40.7 Å². The molecule has 8 heteroatoms. The first-order chi connectivity index (χ1) is 12.5. The minimum atomic E-state index is -0.190. The Morgan fingerprint density at radius 3 is 2.54 bits per heavy atom. The van der Waals surface area contributed by atoms with E-state index >= 15 is 0 Å². The van der Waals surface area contributed by atoms with Crippen LogP contribution in [-0.4, -0.2) is 54.3 Å². The second kappa shape index (κ2) is 8.12. The highest BCUT2D eigenvalue weighted by molar-refractivity contribution is 6.40. The molecule has 1 aromatic heterocycles. The Bertz CT molecular complexity index is 800. The molecular weight excluding hydrogens is 377 g/mol. The number of rotatable bonds is 4. The molecule has 1 aliphatic rings. The van der Waals surface area contributed by atoms with Gasteiger partial charge in [-0.3, -0.25) is 14.5 Å². The first kappa shape index (κ1) is 18.8. The Labute approximate surface area is 161 Å². The number of aryl methyl sites for hydroxylation is 1. The lowest BCUT2D eigenvalue weighted by molar-refractivity contribution is -0.117. The zero-order valence-corrected chi connectivity index (χ0v) is 15.8. The summed E-state index contributed by atoms with van der Waals surface area (Å²) in [5, 5.41) is 3.63. The van der Waals surface area contributed by atoms with E-state index in [-0.39, 0.29) is 18.4 Å². The molecule has 1 aliphatic heterocycles. The van der Waals surface area contributed by atoms with Gasteiger partial charge < -0.3 is 14.6 Å². The smallest absolute Gasteiger partial charge is 0.289 e. The fraction of sp³-hybridized carbons (Fsp3) is 0.333. The van der Waals surface area contributed by atoms with Crippen LogP contribution in [0.4, 0.5) is 5.69 Å². The third-order valence-corrected chi connectivity index (χ3v) is 5.11. The summed E-state index contributed by atoms with van der Waals surface area (Å²) in [5.74, 6) is 0.0163. The number of anilines is 1. The molecule has 6 nitrogen and oxygen atoms in total. The van der Waals surface area contributed by atoms with Crippen molar-refractivity contribution in [3.63, 3.8) is 0 Å². The van der Waals surface area contributed by atoms with Crippen molar-refractivity contribution in [2.75, 3.05) is 38.0 Å². The van der Waals surface area contributed by atoms with Crippen LogP contribution >= 0.6 is 23.2 Å². The number of nitrogens with zero attached hydrogens (tertiary/aromatic N) is 2. The van der Waals surface area contributed by atoms with E-state index in [1.54, 1.807) is 29.2 Å². The van der Waals surface area contributed by atoms with Crippen LogP contribution in [0.25, 0.3) is 0 Å². The molecule has 0 bridgehead atoms. The van der Waals surface area contributed by atoms with Gasteiger partial charge in [-0.1, -0.05) is 29.3 Å². The summed E-state index contributed by atoms with van der Waals surface area (Å²) in [6.45, 7) is 4.36. The van der Waals surface area contributed by atoms with Gasteiger partial charge in [0.15, 0.2) is 5.76 Å². The number of amides is 2. The first-order valence-corrected chi connectivity index (χ1v) is 9.01. The van der Waals surface area contributed by atoms with Crippen molar-refractivity contribution in [3.8, 4) is 0 Å². The molecule has 0 aliphatic carbocycles. The van der Waals surface area contributed by atoms with E-state index in [4.69, 9.17) is 27.6 Å². The predicted molar refractivity (Wildman–Crippen MR) is 101 cm³/mol. The maximum atomic E-state index is 12.3. The highest BCUT2D eigenvalue weighted by atomic mass is 35.5. The molecule has 1 saturated heterocycles. The molecule has 0 atom stereocenters. The summed E-state index contributed by atoms with van der Waals surface area (Å²) in [6, 6.07) is 6.85. The minimum absolute atomic E-state index is 0.127. The van der Waals surface area contributed by atoms with Gasteiger partial charge in [0.1, 0.15) is 0 Å². The van der Waals surface area contributed by atoms with E-state index in [0.29, 0.717) is 47.7 Å². The van der Waals surface area contributed by atoms with E-state index in [2.05, 4.69) is 5.32 Å². The van der Waals surface area contributed by atoms with Crippen molar-refractivity contribution < 1.29 is 14.0 Å². The summed E-state index contributed by atoms with van der Waals surface area (Å²) >= 11 is 12.3. The summed E-state index contributed by atoms with van der Waals surface area (Å²) in [5.41, 5.74) is 1.28. The fourth-order valence-corrected chi connectivity index (χ4v) is 3.28. The van der Waals surface area contributed by atoms with Crippen LogP contribution in [0.5, 0.6) is 0 Å². The van der Waals surface area contributed by atoms with Gasteiger partial charge in [-0.2, -0.15) is 0 Å². The number of benzene rings is 1. The van der Waals surface area contributed by atoms with Crippen LogP contribution in [0.2, 0.25) is 10.0 Å². The van der Waals surface area contributed by atoms with Gasteiger partial charge in [0, 0.05) is 26.2 Å². The first-order valence-electron chi connectivity index (χ1n) is 8.25. The fourth-order valence-electron chi connectivity index (χ4n) is 2.82. The van der Waals surface area contributed by atoms with Crippen molar-refractivity contribution in [3.05, 3.63) is 51.9 Å². The number of furan rings is 1. The molecule has 0 radical (unpaired) electrons. The standard InChI is InChI=1S/C18H19Cl2N3O3/c1-12-4-5-13(19)17(16(12)20)21-15(24)11-22-6-8-23(9-7-22)18(25)14-3-2-10-26-14/h2-5,10H,6-9,11H2,1H3,(H,21,24). The Morgan fingerprint density at radius 2 is 1.88 bits per heavy atom. The molecular formula is C18H19Cl2N3O3. The molecule has 1 aromatic carbocycles. The van der Waals surface area contributed by atoms with Gasteiger partial charge in [-0.15, -0.1) is 0 Å². The van der Waals surface area contributed by atoms with E-state index in [0.717, 1.165) is 5.56 Å². The average Bonchev–Trinajstić information content (AvgIpc) is 3.17. The van der Waals surface area contributed by atoms with Crippen LogP contribution in [-0.2, 0) is 4.79 Å². The molecule has 2 amide bonds. The maximum absolute atomic E-state index is 12.3. The summed E-state index contributed by atoms with van der Waals surface area (Å²) in [7, 11) is 0. The number of hydrogen-bond acceptors (Lipinski definition) is 4. The zero-order chi connectivity index (χ0) is 18.7. The molecule has 138 valence electrons. The van der Waals surface area contributed by atoms with Crippen molar-refractivity contribution in [2.45, 2.75) is 6.92 Å². The second-order valence-corrected chi connectivity index (χ2v) is 6.93. The molecule has 2 aromatic rings. The van der Waals surface area contributed by atoms with Crippen LogP contribution in [0.15, 0.2) is 34.9 Å². The van der Waals surface area contributed by atoms with Crippen molar-refractivity contribution in [2.24, 2.45) is 0 Å².